The van der Waals surface area contributed by atoms with Crippen molar-refractivity contribution in [1.29, 1.82) is 0 Å². The van der Waals surface area contributed by atoms with E-state index in [9.17, 15) is 4.79 Å². The van der Waals surface area contributed by atoms with Crippen LogP contribution in [0, 0.1) is 11.3 Å². The average Bonchev–Trinajstić information content (AvgIpc) is 3.26. The van der Waals surface area contributed by atoms with Gasteiger partial charge in [0.2, 0.25) is 5.91 Å². The summed E-state index contributed by atoms with van der Waals surface area (Å²) in [5.74, 6) is 0.408. The lowest BCUT2D eigenvalue weighted by Gasteiger charge is -2.29. The molecule has 4 rings (SSSR count). The van der Waals surface area contributed by atoms with Crippen LogP contribution in [0.15, 0.2) is 54.6 Å². The SMILES string of the molecule is CC1(C)[C@@H](C(=O)Nc2cccc(N3CCOCC3)c2)[C@@H]1c1ccccc1. The molecule has 2 fully saturated rings. The smallest absolute Gasteiger partial charge is 0.228 e. The van der Waals surface area contributed by atoms with E-state index in [0.717, 1.165) is 37.7 Å². The Kier molecular flexibility index (Phi) is 4.45. The van der Waals surface area contributed by atoms with E-state index in [1.54, 1.807) is 0 Å². The third-order valence-electron chi connectivity index (χ3n) is 5.76. The number of carbonyl (C=O) groups is 1. The summed E-state index contributed by atoms with van der Waals surface area (Å²) >= 11 is 0. The number of hydrogen-bond acceptors (Lipinski definition) is 3. The van der Waals surface area contributed by atoms with Crippen molar-refractivity contribution in [2.75, 3.05) is 36.5 Å². The molecular weight excluding hydrogens is 324 g/mol. The molecule has 1 aliphatic carbocycles. The summed E-state index contributed by atoms with van der Waals surface area (Å²) in [5, 5.41) is 3.14. The number of nitrogens with one attached hydrogen (secondary N) is 1. The van der Waals surface area contributed by atoms with Crippen molar-refractivity contribution in [3.63, 3.8) is 0 Å². The van der Waals surface area contributed by atoms with Gasteiger partial charge >= 0.3 is 0 Å². The van der Waals surface area contributed by atoms with Crippen LogP contribution in [0.1, 0.15) is 25.3 Å². The Labute approximate surface area is 155 Å². The molecule has 0 bridgehead atoms. The number of morpholine rings is 1. The van der Waals surface area contributed by atoms with Gasteiger partial charge in [0, 0.05) is 30.4 Å². The summed E-state index contributed by atoms with van der Waals surface area (Å²) in [4.78, 5) is 15.2. The number of nitrogens with zero attached hydrogens (tertiary/aromatic N) is 1. The first kappa shape index (κ1) is 17.1. The molecule has 26 heavy (non-hydrogen) atoms. The van der Waals surface area contributed by atoms with Gasteiger partial charge in [-0.25, -0.2) is 0 Å². The van der Waals surface area contributed by atoms with E-state index in [-0.39, 0.29) is 23.2 Å². The summed E-state index contributed by atoms with van der Waals surface area (Å²) in [6.07, 6.45) is 0. The van der Waals surface area contributed by atoms with E-state index in [2.05, 4.69) is 48.3 Å². The zero-order valence-corrected chi connectivity index (χ0v) is 15.4. The first-order valence-corrected chi connectivity index (χ1v) is 9.36. The highest BCUT2D eigenvalue weighted by Crippen LogP contribution is 2.64. The molecule has 2 aromatic rings. The fraction of sp³-hybridized carbons (Fsp3) is 0.409. The van der Waals surface area contributed by atoms with E-state index >= 15 is 0 Å². The van der Waals surface area contributed by atoms with Crippen molar-refractivity contribution in [2.24, 2.45) is 11.3 Å². The van der Waals surface area contributed by atoms with Gasteiger partial charge in [0.1, 0.15) is 0 Å². The molecule has 1 N–H and O–H groups in total. The maximum absolute atomic E-state index is 12.9. The number of amides is 1. The molecule has 1 heterocycles. The van der Waals surface area contributed by atoms with Crippen molar-refractivity contribution in [2.45, 2.75) is 19.8 Å². The lowest BCUT2D eigenvalue weighted by atomic mass is 10.0. The molecule has 0 unspecified atom stereocenters. The van der Waals surface area contributed by atoms with Crippen LogP contribution in [0.4, 0.5) is 11.4 Å². The number of rotatable bonds is 4. The topological polar surface area (TPSA) is 41.6 Å². The van der Waals surface area contributed by atoms with Crippen LogP contribution in [-0.4, -0.2) is 32.2 Å². The minimum absolute atomic E-state index is 0.00669. The lowest BCUT2D eigenvalue weighted by Crippen LogP contribution is -2.36. The molecule has 2 aromatic carbocycles. The predicted octanol–water partition coefficient (Wildman–Crippen LogP) is 3.90. The molecule has 0 radical (unpaired) electrons. The summed E-state index contributed by atoms with van der Waals surface area (Å²) in [5.41, 5.74) is 3.25. The Morgan fingerprint density at radius 2 is 1.81 bits per heavy atom. The van der Waals surface area contributed by atoms with Gasteiger partial charge < -0.3 is 15.0 Å². The Morgan fingerprint density at radius 3 is 2.54 bits per heavy atom. The standard InChI is InChI=1S/C22H26N2O2/c1-22(2)19(16-7-4-3-5-8-16)20(22)21(25)23-17-9-6-10-18(15-17)24-11-13-26-14-12-24/h3-10,15,19-20H,11-14H2,1-2H3,(H,23,25)/t19-,20+/m0/s1. The summed E-state index contributed by atoms with van der Waals surface area (Å²) in [7, 11) is 0. The Hall–Kier alpha value is -2.33. The van der Waals surface area contributed by atoms with Crippen LogP contribution in [-0.2, 0) is 9.53 Å². The molecule has 1 saturated heterocycles. The second-order valence-electron chi connectivity index (χ2n) is 7.83. The minimum atomic E-state index is -0.00669. The molecule has 1 saturated carbocycles. The van der Waals surface area contributed by atoms with Crippen LogP contribution >= 0.6 is 0 Å². The van der Waals surface area contributed by atoms with Gasteiger partial charge in [0.25, 0.3) is 0 Å². The van der Waals surface area contributed by atoms with Crippen molar-refractivity contribution in [3.8, 4) is 0 Å². The molecule has 2 atom stereocenters. The molecule has 136 valence electrons. The third-order valence-corrected chi connectivity index (χ3v) is 5.76. The Bertz CT molecular complexity index is 782. The maximum Gasteiger partial charge on any atom is 0.228 e. The highest BCUT2D eigenvalue weighted by molar-refractivity contribution is 5.96. The minimum Gasteiger partial charge on any atom is -0.378 e. The molecule has 4 heteroatoms. The van der Waals surface area contributed by atoms with E-state index in [1.807, 2.05) is 30.3 Å². The first-order chi connectivity index (χ1) is 12.6. The first-order valence-electron chi connectivity index (χ1n) is 9.36. The fourth-order valence-electron chi connectivity index (χ4n) is 4.23. The molecule has 0 aromatic heterocycles. The van der Waals surface area contributed by atoms with E-state index in [0.29, 0.717) is 0 Å². The summed E-state index contributed by atoms with van der Waals surface area (Å²) < 4.78 is 5.42. The molecule has 2 aliphatic rings. The maximum atomic E-state index is 12.9. The molecule has 1 amide bonds. The lowest BCUT2D eigenvalue weighted by molar-refractivity contribution is -0.118. The average molecular weight is 350 g/mol. The number of benzene rings is 2. The molecule has 4 nitrogen and oxygen atoms in total. The zero-order valence-electron chi connectivity index (χ0n) is 15.4. The molecule has 0 spiro atoms. The normalized spacial score (nSPS) is 24.2. The monoisotopic (exact) mass is 350 g/mol. The van der Waals surface area contributed by atoms with Crippen molar-refractivity contribution < 1.29 is 9.53 Å². The highest BCUT2D eigenvalue weighted by atomic mass is 16.5. The predicted molar refractivity (Wildman–Crippen MR) is 105 cm³/mol. The Balaban J connectivity index is 1.47. The number of anilines is 2. The summed E-state index contributed by atoms with van der Waals surface area (Å²) in [6.45, 7) is 7.65. The van der Waals surface area contributed by atoms with Crippen LogP contribution in [0.5, 0.6) is 0 Å². The quantitative estimate of drug-likeness (QED) is 0.909. The van der Waals surface area contributed by atoms with Gasteiger partial charge in [0.05, 0.1) is 19.1 Å². The van der Waals surface area contributed by atoms with Crippen LogP contribution in [0.2, 0.25) is 0 Å². The molecule has 1 aliphatic heterocycles. The fourth-order valence-corrected chi connectivity index (χ4v) is 4.23. The van der Waals surface area contributed by atoms with Crippen molar-refractivity contribution >= 4 is 17.3 Å². The second-order valence-corrected chi connectivity index (χ2v) is 7.83. The van der Waals surface area contributed by atoms with E-state index in [1.165, 1.54) is 5.56 Å². The number of ether oxygens (including phenoxy) is 1. The van der Waals surface area contributed by atoms with E-state index in [4.69, 9.17) is 4.74 Å². The second kappa shape index (κ2) is 6.76. The summed E-state index contributed by atoms with van der Waals surface area (Å²) in [6, 6.07) is 18.5. The Morgan fingerprint density at radius 1 is 1.08 bits per heavy atom. The zero-order chi connectivity index (χ0) is 18.1. The van der Waals surface area contributed by atoms with E-state index < -0.39 is 0 Å². The van der Waals surface area contributed by atoms with Gasteiger partial charge in [-0.15, -0.1) is 0 Å². The molecular formula is C22H26N2O2. The van der Waals surface area contributed by atoms with Crippen molar-refractivity contribution in [1.82, 2.24) is 0 Å². The van der Waals surface area contributed by atoms with Gasteiger partial charge in [-0.1, -0.05) is 50.2 Å². The third kappa shape index (κ3) is 3.21. The van der Waals surface area contributed by atoms with Crippen LogP contribution in [0.25, 0.3) is 0 Å². The van der Waals surface area contributed by atoms with Gasteiger partial charge in [-0.2, -0.15) is 0 Å². The number of carbonyl (C=O) groups excluding carboxylic acids is 1. The van der Waals surface area contributed by atoms with Gasteiger partial charge in [-0.3, -0.25) is 4.79 Å². The van der Waals surface area contributed by atoms with Crippen molar-refractivity contribution in [3.05, 3.63) is 60.2 Å². The van der Waals surface area contributed by atoms with Crippen LogP contribution < -0.4 is 10.2 Å². The van der Waals surface area contributed by atoms with Gasteiger partial charge in [0.15, 0.2) is 0 Å². The van der Waals surface area contributed by atoms with Crippen LogP contribution in [0.3, 0.4) is 0 Å². The number of hydrogen-bond donors (Lipinski definition) is 1. The highest BCUT2D eigenvalue weighted by Gasteiger charge is 2.62. The van der Waals surface area contributed by atoms with Gasteiger partial charge in [-0.05, 0) is 29.2 Å². The largest absolute Gasteiger partial charge is 0.378 e.